The van der Waals surface area contributed by atoms with Crippen molar-refractivity contribution in [1.82, 2.24) is 4.90 Å². The van der Waals surface area contributed by atoms with Crippen LogP contribution in [0.4, 0.5) is 10.1 Å². The number of nitrogens with zero attached hydrogens (tertiary/aromatic N) is 1. The van der Waals surface area contributed by atoms with Crippen LogP contribution in [0.5, 0.6) is 0 Å². The first-order valence-electron chi connectivity index (χ1n) is 9.79. The van der Waals surface area contributed by atoms with Gasteiger partial charge in [0.1, 0.15) is 11.5 Å². The van der Waals surface area contributed by atoms with E-state index in [-0.39, 0.29) is 23.6 Å². The molecule has 0 saturated carbocycles. The van der Waals surface area contributed by atoms with Crippen molar-refractivity contribution in [2.75, 3.05) is 5.32 Å². The van der Waals surface area contributed by atoms with Crippen molar-refractivity contribution in [3.8, 4) is 0 Å². The normalized spacial score (nSPS) is 13.9. The van der Waals surface area contributed by atoms with E-state index in [0.29, 0.717) is 21.8 Å². The fraction of sp³-hybridized carbons (Fsp3) is 0.120. The Kier molecular flexibility index (Phi) is 5.61. The molecule has 0 unspecified atom stereocenters. The first-order chi connectivity index (χ1) is 14.8. The summed E-state index contributed by atoms with van der Waals surface area (Å²) in [5, 5.41) is 3.51. The molecule has 0 fully saturated rings. The smallest absolute Gasteiger partial charge is 0.278 e. The minimum atomic E-state index is -0.456. The molecule has 0 aromatic heterocycles. The third-order valence-electron chi connectivity index (χ3n) is 5.36. The molecule has 0 aliphatic carbocycles. The van der Waals surface area contributed by atoms with Crippen molar-refractivity contribution >= 4 is 34.7 Å². The fourth-order valence-corrected chi connectivity index (χ4v) is 3.67. The second kappa shape index (κ2) is 8.36. The topological polar surface area (TPSA) is 49.4 Å². The summed E-state index contributed by atoms with van der Waals surface area (Å²) in [5.41, 5.74) is 4.37. The Labute approximate surface area is 185 Å². The first kappa shape index (κ1) is 20.8. The molecule has 4 nitrogen and oxygen atoms in total. The monoisotopic (exact) mass is 434 g/mol. The van der Waals surface area contributed by atoms with Gasteiger partial charge in [-0.2, -0.15) is 0 Å². The molecule has 0 atom stereocenters. The summed E-state index contributed by atoms with van der Waals surface area (Å²) in [4.78, 5) is 27.9. The molecule has 156 valence electrons. The van der Waals surface area contributed by atoms with E-state index in [4.69, 9.17) is 11.6 Å². The minimum Gasteiger partial charge on any atom is -0.350 e. The molecule has 6 heteroatoms. The number of carbonyl (C=O) groups is 2. The first-order valence-corrected chi connectivity index (χ1v) is 10.2. The van der Waals surface area contributed by atoms with Gasteiger partial charge in [-0.3, -0.25) is 14.5 Å². The van der Waals surface area contributed by atoms with Crippen LogP contribution < -0.4 is 5.32 Å². The number of halogens is 2. The number of nitrogens with one attached hydrogen (secondary N) is 1. The highest BCUT2D eigenvalue weighted by atomic mass is 35.5. The van der Waals surface area contributed by atoms with E-state index in [1.54, 1.807) is 18.2 Å². The lowest BCUT2D eigenvalue weighted by atomic mass is 9.99. The molecule has 0 radical (unpaired) electrons. The maximum absolute atomic E-state index is 13.4. The van der Waals surface area contributed by atoms with E-state index in [1.165, 1.54) is 29.2 Å². The van der Waals surface area contributed by atoms with E-state index in [2.05, 4.69) is 5.32 Å². The third-order valence-corrected chi connectivity index (χ3v) is 5.73. The van der Waals surface area contributed by atoms with Gasteiger partial charge in [0.25, 0.3) is 11.8 Å². The second-order valence-electron chi connectivity index (χ2n) is 7.47. The number of rotatable bonds is 5. The molecule has 2 amide bonds. The van der Waals surface area contributed by atoms with Gasteiger partial charge in [-0.05, 0) is 66.4 Å². The van der Waals surface area contributed by atoms with Crippen LogP contribution in [0.3, 0.4) is 0 Å². The molecular weight excluding hydrogens is 415 g/mol. The van der Waals surface area contributed by atoms with Gasteiger partial charge in [-0.25, -0.2) is 4.39 Å². The minimum absolute atomic E-state index is 0.0558. The van der Waals surface area contributed by atoms with E-state index < -0.39 is 11.8 Å². The molecule has 4 rings (SSSR count). The quantitative estimate of drug-likeness (QED) is 0.540. The molecule has 1 aliphatic rings. The number of hydrogen-bond donors (Lipinski definition) is 1. The van der Waals surface area contributed by atoms with Crippen LogP contribution in [-0.4, -0.2) is 16.7 Å². The van der Waals surface area contributed by atoms with Crippen LogP contribution in [-0.2, 0) is 16.1 Å². The predicted molar refractivity (Wildman–Crippen MR) is 120 cm³/mol. The molecule has 3 aromatic carbocycles. The summed E-state index contributed by atoms with van der Waals surface area (Å²) in [6.07, 6.45) is 0. The summed E-state index contributed by atoms with van der Waals surface area (Å²) in [6.45, 7) is 3.99. The molecule has 0 saturated heterocycles. The third kappa shape index (κ3) is 4.09. The molecule has 0 spiro atoms. The number of aryl methyl sites for hydroxylation is 2. The molecular formula is C25H20ClFN2O2. The maximum Gasteiger partial charge on any atom is 0.278 e. The van der Waals surface area contributed by atoms with E-state index in [0.717, 1.165) is 11.1 Å². The zero-order valence-corrected chi connectivity index (χ0v) is 17.8. The summed E-state index contributed by atoms with van der Waals surface area (Å²) in [6, 6.07) is 18.4. The Morgan fingerprint density at radius 3 is 2.29 bits per heavy atom. The lowest BCUT2D eigenvalue weighted by molar-refractivity contribution is -0.137. The second-order valence-corrected chi connectivity index (χ2v) is 7.88. The fourth-order valence-electron chi connectivity index (χ4n) is 3.47. The van der Waals surface area contributed by atoms with Crippen molar-refractivity contribution in [1.29, 1.82) is 0 Å². The number of anilines is 1. The standard InChI is InChI=1S/C25H20ClFN2O2/c1-15-7-8-17(13-16(15)2)22-23(28-20-11-9-19(27)10-12-20)25(31)29(24(22)30)14-18-5-3-4-6-21(18)26/h3-13,28H,14H2,1-2H3. The Hall–Kier alpha value is -3.44. The zero-order chi connectivity index (χ0) is 22.1. The van der Waals surface area contributed by atoms with Crippen molar-refractivity contribution in [2.24, 2.45) is 0 Å². The SMILES string of the molecule is Cc1ccc(C2=C(Nc3ccc(F)cc3)C(=O)N(Cc3ccccc3Cl)C2=O)cc1C. The number of carbonyl (C=O) groups excluding carboxylic acids is 2. The summed E-state index contributed by atoms with van der Waals surface area (Å²) >= 11 is 6.26. The number of benzene rings is 3. The Morgan fingerprint density at radius 2 is 1.61 bits per heavy atom. The highest BCUT2D eigenvalue weighted by Crippen LogP contribution is 2.33. The van der Waals surface area contributed by atoms with E-state index >= 15 is 0 Å². The molecule has 3 aromatic rings. The number of hydrogen-bond acceptors (Lipinski definition) is 3. The van der Waals surface area contributed by atoms with Crippen LogP contribution in [0.25, 0.3) is 5.57 Å². The lowest BCUT2D eigenvalue weighted by Gasteiger charge is -2.16. The van der Waals surface area contributed by atoms with Gasteiger partial charge in [-0.15, -0.1) is 0 Å². The predicted octanol–water partition coefficient (Wildman–Crippen LogP) is 5.49. The zero-order valence-electron chi connectivity index (χ0n) is 17.1. The van der Waals surface area contributed by atoms with Gasteiger partial charge in [0.15, 0.2) is 0 Å². The largest absolute Gasteiger partial charge is 0.350 e. The van der Waals surface area contributed by atoms with Crippen LogP contribution in [0.2, 0.25) is 5.02 Å². The highest BCUT2D eigenvalue weighted by Gasteiger charge is 2.39. The van der Waals surface area contributed by atoms with Crippen molar-refractivity contribution < 1.29 is 14.0 Å². The maximum atomic E-state index is 13.4. The molecule has 0 bridgehead atoms. The van der Waals surface area contributed by atoms with Crippen molar-refractivity contribution in [2.45, 2.75) is 20.4 Å². The van der Waals surface area contributed by atoms with Crippen LogP contribution >= 0.6 is 11.6 Å². The number of amides is 2. The Bertz CT molecular complexity index is 1220. The van der Waals surface area contributed by atoms with Gasteiger partial charge in [0, 0.05) is 10.7 Å². The van der Waals surface area contributed by atoms with Crippen LogP contribution in [0.1, 0.15) is 22.3 Å². The van der Waals surface area contributed by atoms with Crippen LogP contribution in [0, 0.1) is 19.7 Å². The molecule has 31 heavy (non-hydrogen) atoms. The van der Waals surface area contributed by atoms with Gasteiger partial charge in [-0.1, -0.05) is 48.0 Å². The van der Waals surface area contributed by atoms with Gasteiger partial charge >= 0.3 is 0 Å². The van der Waals surface area contributed by atoms with Gasteiger partial charge < -0.3 is 5.32 Å². The van der Waals surface area contributed by atoms with E-state index in [1.807, 2.05) is 38.1 Å². The van der Waals surface area contributed by atoms with Gasteiger partial charge in [0.05, 0.1) is 12.1 Å². The summed E-state index contributed by atoms with van der Waals surface area (Å²) < 4.78 is 13.3. The van der Waals surface area contributed by atoms with E-state index in [9.17, 15) is 14.0 Å². The average molecular weight is 435 g/mol. The Morgan fingerprint density at radius 1 is 0.903 bits per heavy atom. The summed E-state index contributed by atoms with van der Waals surface area (Å²) in [5.74, 6) is -1.25. The lowest BCUT2D eigenvalue weighted by Crippen LogP contribution is -2.32. The number of imide groups is 1. The molecule has 1 N–H and O–H groups in total. The van der Waals surface area contributed by atoms with Gasteiger partial charge in [0.2, 0.25) is 0 Å². The average Bonchev–Trinajstić information content (AvgIpc) is 2.97. The molecule has 1 aliphatic heterocycles. The Balaban J connectivity index is 1.77. The van der Waals surface area contributed by atoms with Crippen molar-refractivity contribution in [3.05, 3.63) is 106 Å². The van der Waals surface area contributed by atoms with Crippen molar-refractivity contribution in [3.63, 3.8) is 0 Å². The molecule has 1 heterocycles. The highest BCUT2D eigenvalue weighted by molar-refractivity contribution is 6.36. The summed E-state index contributed by atoms with van der Waals surface area (Å²) in [7, 11) is 0. The van der Waals surface area contributed by atoms with Crippen LogP contribution in [0.15, 0.2) is 72.4 Å².